The average molecular weight is 431 g/mol. The predicted molar refractivity (Wildman–Crippen MR) is 113 cm³/mol. The molecule has 3 N–H and O–H groups in total. The highest BCUT2D eigenvalue weighted by molar-refractivity contribution is 6.31. The summed E-state index contributed by atoms with van der Waals surface area (Å²) in [6.07, 6.45) is -0.380. The summed E-state index contributed by atoms with van der Waals surface area (Å²) in [7, 11) is 0. The summed E-state index contributed by atoms with van der Waals surface area (Å²) in [4.78, 5) is 0. The van der Waals surface area contributed by atoms with Crippen molar-refractivity contribution < 1.29 is 24.8 Å². The van der Waals surface area contributed by atoms with Crippen LogP contribution in [0.5, 0.6) is 5.75 Å². The molecule has 0 aromatic heterocycles. The van der Waals surface area contributed by atoms with Gasteiger partial charge in [0.15, 0.2) is 0 Å². The average Bonchev–Trinajstić information content (AvgIpc) is 3.65. The number of hydrogen-bond donors (Lipinski definition) is 3. The lowest BCUT2D eigenvalue weighted by atomic mass is 9.79. The Hall–Kier alpha value is -1.63. The zero-order valence-electron chi connectivity index (χ0n) is 16.9. The molecule has 0 unspecified atom stereocenters. The van der Waals surface area contributed by atoms with Crippen LogP contribution in [0.2, 0.25) is 5.02 Å². The number of aliphatic hydroxyl groups is 3. The molecule has 2 aromatic rings. The van der Waals surface area contributed by atoms with E-state index in [9.17, 15) is 15.3 Å². The second-order valence-corrected chi connectivity index (χ2v) is 9.31. The van der Waals surface area contributed by atoms with E-state index in [0.29, 0.717) is 24.5 Å². The Labute approximate surface area is 181 Å². The van der Waals surface area contributed by atoms with Gasteiger partial charge in [0.1, 0.15) is 17.5 Å². The van der Waals surface area contributed by atoms with E-state index in [-0.39, 0.29) is 0 Å². The third kappa shape index (κ3) is 3.15. The third-order valence-electron chi connectivity index (χ3n) is 7.00. The van der Waals surface area contributed by atoms with Crippen molar-refractivity contribution >= 4 is 11.6 Å². The Morgan fingerprint density at radius 3 is 2.40 bits per heavy atom. The van der Waals surface area contributed by atoms with Crippen LogP contribution in [0.4, 0.5) is 0 Å². The van der Waals surface area contributed by atoms with E-state index in [2.05, 4.69) is 0 Å². The van der Waals surface area contributed by atoms with Gasteiger partial charge in [-0.05, 0) is 61.1 Å². The number of ether oxygens (including phenoxy) is 2. The van der Waals surface area contributed by atoms with Gasteiger partial charge < -0.3 is 24.8 Å². The summed E-state index contributed by atoms with van der Waals surface area (Å²) >= 11 is 6.48. The van der Waals surface area contributed by atoms with Crippen LogP contribution in [0, 0.1) is 5.41 Å². The summed E-state index contributed by atoms with van der Waals surface area (Å²) in [6, 6.07) is 13.6. The van der Waals surface area contributed by atoms with Crippen molar-refractivity contribution in [2.75, 3.05) is 6.61 Å². The Morgan fingerprint density at radius 1 is 1.10 bits per heavy atom. The summed E-state index contributed by atoms with van der Waals surface area (Å²) in [5, 5.41) is 32.7. The van der Waals surface area contributed by atoms with E-state index in [1.807, 2.05) is 49.4 Å². The van der Waals surface area contributed by atoms with E-state index >= 15 is 0 Å². The maximum Gasteiger partial charge on any atom is 0.124 e. The summed E-state index contributed by atoms with van der Waals surface area (Å²) in [5.74, 6) is 0.835. The van der Waals surface area contributed by atoms with Crippen LogP contribution in [-0.2, 0) is 11.2 Å². The van der Waals surface area contributed by atoms with E-state index in [0.717, 1.165) is 35.3 Å². The number of halogens is 1. The van der Waals surface area contributed by atoms with Crippen LogP contribution in [0.1, 0.15) is 49.0 Å². The molecule has 0 radical (unpaired) electrons. The van der Waals surface area contributed by atoms with Gasteiger partial charge in [-0.1, -0.05) is 35.9 Å². The fourth-order valence-electron chi connectivity index (χ4n) is 4.94. The minimum absolute atomic E-state index is 0.408. The van der Waals surface area contributed by atoms with Crippen molar-refractivity contribution in [3.63, 3.8) is 0 Å². The topological polar surface area (TPSA) is 79.2 Å². The van der Waals surface area contributed by atoms with E-state index in [4.69, 9.17) is 21.1 Å². The molecular formula is C24H27ClO5. The largest absolute Gasteiger partial charge is 0.494 e. The Bertz CT molecular complexity index is 939. The highest BCUT2D eigenvalue weighted by Crippen LogP contribution is 2.66. The molecule has 30 heavy (non-hydrogen) atoms. The predicted octanol–water partition coefficient (Wildman–Crippen LogP) is 3.41. The quantitative estimate of drug-likeness (QED) is 0.677. The molecule has 2 spiro atoms. The second-order valence-electron chi connectivity index (χ2n) is 8.90. The molecule has 5 rings (SSSR count). The normalized spacial score (nSPS) is 33.6. The molecule has 0 amide bonds. The molecule has 1 heterocycles. The van der Waals surface area contributed by atoms with Gasteiger partial charge in [-0.25, -0.2) is 0 Å². The van der Waals surface area contributed by atoms with E-state index in [1.165, 1.54) is 0 Å². The maximum atomic E-state index is 11.0. The minimum Gasteiger partial charge on any atom is -0.494 e. The van der Waals surface area contributed by atoms with Gasteiger partial charge in [0.2, 0.25) is 0 Å². The van der Waals surface area contributed by atoms with Crippen molar-refractivity contribution in [1.29, 1.82) is 0 Å². The second kappa shape index (κ2) is 7.21. The summed E-state index contributed by atoms with van der Waals surface area (Å²) in [5.41, 5.74) is 1.34. The molecule has 5 nitrogen and oxygen atoms in total. The number of hydrogen-bond acceptors (Lipinski definition) is 5. The molecule has 2 aliphatic carbocycles. The molecule has 6 heteroatoms. The van der Waals surface area contributed by atoms with Crippen LogP contribution < -0.4 is 4.74 Å². The van der Waals surface area contributed by atoms with Gasteiger partial charge >= 0.3 is 0 Å². The number of rotatable bonds is 5. The first kappa shape index (κ1) is 20.3. The summed E-state index contributed by atoms with van der Waals surface area (Å²) in [6.45, 7) is 2.58. The zero-order valence-corrected chi connectivity index (χ0v) is 17.7. The van der Waals surface area contributed by atoms with Gasteiger partial charge in [-0.2, -0.15) is 0 Å². The standard InChI is InChI=1S/C24H27ClO5/c1-2-29-17-6-3-14(4-7-17)11-16-12-15(5-8-18(16)25)20-21(27)23(9-10-23)22(28)24(30-20)13-19(24)26/h3-8,12,19-22,26-28H,2,9-11,13H2,1H3/t19-,20-,21-,22-,24-/m0/s1. The molecule has 1 saturated heterocycles. The lowest BCUT2D eigenvalue weighted by Gasteiger charge is -2.44. The molecule has 3 fully saturated rings. The first-order chi connectivity index (χ1) is 14.4. The highest BCUT2D eigenvalue weighted by atomic mass is 35.5. The Kier molecular flexibility index (Phi) is 4.88. The van der Waals surface area contributed by atoms with Gasteiger partial charge in [0.25, 0.3) is 0 Å². The minimum atomic E-state index is -0.949. The molecular weight excluding hydrogens is 404 g/mol. The van der Waals surface area contributed by atoms with Crippen LogP contribution in [0.25, 0.3) is 0 Å². The van der Waals surface area contributed by atoms with Crippen LogP contribution >= 0.6 is 11.6 Å². The smallest absolute Gasteiger partial charge is 0.124 e. The number of aliphatic hydroxyl groups excluding tert-OH is 3. The van der Waals surface area contributed by atoms with Crippen molar-refractivity contribution in [1.82, 2.24) is 0 Å². The first-order valence-corrected chi connectivity index (χ1v) is 11.0. The fraction of sp³-hybridized carbons (Fsp3) is 0.500. The van der Waals surface area contributed by atoms with Crippen molar-refractivity contribution in [2.45, 2.75) is 62.6 Å². The Morgan fingerprint density at radius 2 is 1.80 bits per heavy atom. The van der Waals surface area contributed by atoms with Crippen molar-refractivity contribution in [3.8, 4) is 5.75 Å². The van der Waals surface area contributed by atoms with Gasteiger partial charge in [0, 0.05) is 16.9 Å². The van der Waals surface area contributed by atoms with Crippen molar-refractivity contribution in [3.05, 3.63) is 64.2 Å². The molecule has 0 bridgehead atoms. The lowest BCUT2D eigenvalue weighted by Crippen LogP contribution is -2.55. The third-order valence-corrected chi connectivity index (χ3v) is 7.37. The molecule has 5 atom stereocenters. The van der Waals surface area contributed by atoms with Crippen LogP contribution in [0.3, 0.4) is 0 Å². The summed E-state index contributed by atoms with van der Waals surface area (Å²) < 4.78 is 11.7. The van der Waals surface area contributed by atoms with Crippen LogP contribution in [0.15, 0.2) is 42.5 Å². The van der Waals surface area contributed by atoms with Gasteiger partial charge in [-0.15, -0.1) is 0 Å². The molecule has 3 aliphatic rings. The monoisotopic (exact) mass is 430 g/mol. The molecule has 1 aliphatic heterocycles. The first-order valence-electron chi connectivity index (χ1n) is 10.6. The zero-order chi connectivity index (χ0) is 21.1. The van der Waals surface area contributed by atoms with Gasteiger partial charge in [0.05, 0.1) is 24.9 Å². The molecule has 2 saturated carbocycles. The molecule has 160 valence electrons. The SMILES string of the molecule is CCOc1ccc(Cc2cc([C@@H]3O[C@]4(C[C@@H]4O)[C@@H](O)C4(CC4)[C@H]3O)ccc2Cl)cc1. The van der Waals surface area contributed by atoms with Gasteiger partial charge in [-0.3, -0.25) is 0 Å². The maximum absolute atomic E-state index is 11.0. The van der Waals surface area contributed by atoms with Crippen molar-refractivity contribution in [2.24, 2.45) is 5.41 Å². The fourth-order valence-corrected chi connectivity index (χ4v) is 5.12. The Balaban J connectivity index is 1.42. The van der Waals surface area contributed by atoms with E-state index in [1.54, 1.807) is 0 Å². The number of benzene rings is 2. The molecule has 2 aromatic carbocycles. The highest BCUT2D eigenvalue weighted by Gasteiger charge is 2.75. The lowest BCUT2D eigenvalue weighted by molar-refractivity contribution is -0.235. The van der Waals surface area contributed by atoms with Crippen LogP contribution in [-0.4, -0.2) is 45.8 Å². The van der Waals surface area contributed by atoms with E-state index < -0.39 is 35.4 Å².